The highest BCUT2D eigenvalue weighted by atomic mass is 35.5. The van der Waals surface area contributed by atoms with E-state index in [1.165, 1.54) is 0 Å². The summed E-state index contributed by atoms with van der Waals surface area (Å²) in [5, 5.41) is 14.8. The lowest BCUT2D eigenvalue weighted by molar-refractivity contribution is -0.384. The SMILES string of the molecule is CC(Nc1cc(F)ccc1[N+](=O)[O-])c1cc(Cl)cc(Cl)c1. The maximum Gasteiger partial charge on any atom is 0.292 e. The van der Waals surface area contributed by atoms with E-state index < -0.39 is 10.7 Å². The molecule has 7 heteroatoms. The quantitative estimate of drug-likeness (QED) is 0.618. The number of halogens is 3. The van der Waals surface area contributed by atoms with E-state index in [0.29, 0.717) is 10.0 Å². The summed E-state index contributed by atoms with van der Waals surface area (Å²) in [6.45, 7) is 1.77. The third-order valence-electron chi connectivity index (χ3n) is 2.91. The topological polar surface area (TPSA) is 55.2 Å². The molecule has 0 aliphatic rings. The lowest BCUT2D eigenvalue weighted by Gasteiger charge is -2.16. The monoisotopic (exact) mass is 328 g/mol. The average Bonchev–Trinajstić information content (AvgIpc) is 2.37. The Morgan fingerprint density at radius 2 is 1.81 bits per heavy atom. The summed E-state index contributed by atoms with van der Waals surface area (Å²) in [7, 11) is 0. The van der Waals surface area contributed by atoms with Gasteiger partial charge in [-0.2, -0.15) is 0 Å². The molecule has 21 heavy (non-hydrogen) atoms. The molecular weight excluding hydrogens is 318 g/mol. The average molecular weight is 329 g/mol. The van der Waals surface area contributed by atoms with Gasteiger partial charge in [-0.15, -0.1) is 0 Å². The number of anilines is 1. The molecule has 0 saturated heterocycles. The smallest absolute Gasteiger partial charge is 0.292 e. The number of nitrogens with zero attached hydrogens (tertiary/aromatic N) is 1. The van der Waals surface area contributed by atoms with Gasteiger partial charge >= 0.3 is 0 Å². The van der Waals surface area contributed by atoms with Gasteiger partial charge in [0.1, 0.15) is 11.5 Å². The fourth-order valence-corrected chi connectivity index (χ4v) is 2.47. The van der Waals surface area contributed by atoms with Crippen molar-refractivity contribution in [3.63, 3.8) is 0 Å². The van der Waals surface area contributed by atoms with Crippen LogP contribution in [0.3, 0.4) is 0 Å². The number of benzene rings is 2. The van der Waals surface area contributed by atoms with Crippen LogP contribution in [0.1, 0.15) is 18.5 Å². The maximum atomic E-state index is 13.3. The number of nitrogens with one attached hydrogen (secondary N) is 1. The molecule has 1 N–H and O–H groups in total. The summed E-state index contributed by atoms with van der Waals surface area (Å²) >= 11 is 11.8. The van der Waals surface area contributed by atoms with Crippen molar-refractivity contribution in [2.75, 3.05) is 5.32 Å². The fraction of sp³-hybridized carbons (Fsp3) is 0.143. The van der Waals surface area contributed by atoms with Crippen molar-refractivity contribution in [2.45, 2.75) is 13.0 Å². The molecule has 0 aromatic heterocycles. The second-order valence-electron chi connectivity index (χ2n) is 4.49. The highest BCUT2D eigenvalue weighted by Crippen LogP contribution is 2.30. The van der Waals surface area contributed by atoms with Crippen LogP contribution in [0.15, 0.2) is 36.4 Å². The molecule has 2 rings (SSSR count). The van der Waals surface area contributed by atoms with E-state index in [1.54, 1.807) is 25.1 Å². The lowest BCUT2D eigenvalue weighted by atomic mass is 10.1. The maximum absolute atomic E-state index is 13.3. The fourth-order valence-electron chi connectivity index (χ4n) is 1.92. The van der Waals surface area contributed by atoms with E-state index in [1.807, 2.05) is 0 Å². The first kappa shape index (κ1) is 15.5. The number of nitro benzene ring substituents is 1. The minimum Gasteiger partial charge on any atom is -0.373 e. The Kier molecular flexibility index (Phi) is 4.65. The van der Waals surface area contributed by atoms with Crippen LogP contribution in [0.5, 0.6) is 0 Å². The third kappa shape index (κ3) is 3.83. The van der Waals surface area contributed by atoms with Crippen LogP contribution in [-0.2, 0) is 0 Å². The molecule has 0 fully saturated rings. The Hall–Kier alpha value is -1.85. The zero-order valence-electron chi connectivity index (χ0n) is 10.9. The lowest BCUT2D eigenvalue weighted by Crippen LogP contribution is -2.08. The van der Waals surface area contributed by atoms with Gasteiger partial charge in [0.05, 0.1) is 4.92 Å². The van der Waals surface area contributed by atoms with Crippen molar-refractivity contribution in [2.24, 2.45) is 0 Å². The van der Waals surface area contributed by atoms with E-state index in [-0.39, 0.29) is 17.4 Å². The van der Waals surface area contributed by atoms with Crippen molar-refractivity contribution in [1.29, 1.82) is 0 Å². The second-order valence-corrected chi connectivity index (χ2v) is 5.36. The zero-order valence-corrected chi connectivity index (χ0v) is 12.5. The predicted octanol–water partition coefficient (Wildman–Crippen LogP) is 5.21. The van der Waals surface area contributed by atoms with Gasteiger partial charge in [0.2, 0.25) is 0 Å². The van der Waals surface area contributed by atoms with E-state index in [0.717, 1.165) is 23.8 Å². The van der Waals surface area contributed by atoms with Crippen LogP contribution in [0.4, 0.5) is 15.8 Å². The molecule has 0 aliphatic heterocycles. The molecule has 0 aliphatic carbocycles. The summed E-state index contributed by atoms with van der Waals surface area (Å²) in [4.78, 5) is 10.4. The molecule has 0 radical (unpaired) electrons. The van der Waals surface area contributed by atoms with Crippen LogP contribution in [0.25, 0.3) is 0 Å². The van der Waals surface area contributed by atoms with E-state index in [2.05, 4.69) is 5.32 Å². The number of rotatable bonds is 4. The minimum atomic E-state index is -0.570. The molecule has 110 valence electrons. The first-order valence-electron chi connectivity index (χ1n) is 6.03. The number of hydrogen-bond donors (Lipinski definition) is 1. The van der Waals surface area contributed by atoms with Crippen molar-refractivity contribution >= 4 is 34.6 Å². The van der Waals surface area contributed by atoms with Crippen LogP contribution in [0.2, 0.25) is 10.0 Å². The summed E-state index contributed by atoms with van der Waals surface area (Å²) in [5.74, 6) is -0.556. The molecule has 0 bridgehead atoms. The van der Waals surface area contributed by atoms with E-state index in [9.17, 15) is 14.5 Å². The molecule has 2 aromatic carbocycles. The molecule has 0 amide bonds. The normalized spacial score (nSPS) is 12.0. The Morgan fingerprint density at radius 1 is 1.19 bits per heavy atom. The summed E-state index contributed by atoms with van der Waals surface area (Å²) in [6.07, 6.45) is 0. The molecule has 4 nitrogen and oxygen atoms in total. The highest BCUT2D eigenvalue weighted by molar-refractivity contribution is 6.34. The molecule has 0 spiro atoms. The predicted molar refractivity (Wildman–Crippen MR) is 81.6 cm³/mol. The third-order valence-corrected chi connectivity index (χ3v) is 3.35. The van der Waals surface area contributed by atoms with Crippen LogP contribution < -0.4 is 5.32 Å². The molecule has 0 saturated carbocycles. The molecule has 0 heterocycles. The van der Waals surface area contributed by atoms with Crippen molar-refractivity contribution in [3.8, 4) is 0 Å². The van der Waals surface area contributed by atoms with Gasteiger partial charge in [-0.25, -0.2) is 4.39 Å². The first-order valence-corrected chi connectivity index (χ1v) is 6.79. The van der Waals surface area contributed by atoms with Gasteiger partial charge in [0, 0.05) is 28.2 Å². The van der Waals surface area contributed by atoms with Gasteiger partial charge in [-0.3, -0.25) is 10.1 Å². The number of hydrogen-bond acceptors (Lipinski definition) is 3. The summed E-state index contributed by atoms with van der Waals surface area (Å²) < 4.78 is 13.3. The number of nitro groups is 1. The van der Waals surface area contributed by atoms with E-state index >= 15 is 0 Å². The molecule has 1 atom stereocenters. The van der Waals surface area contributed by atoms with Crippen molar-refractivity contribution in [3.05, 3.63) is 67.9 Å². The van der Waals surface area contributed by atoms with Gasteiger partial charge < -0.3 is 5.32 Å². The van der Waals surface area contributed by atoms with Crippen molar-refractivity contribution < 1.29 is 9.31 Å². The van der Waals surface area contributed by atoms with Crippen LogP contribution in [0, 0.1) is 15.9 Å². The minimum absolute atomic E-state index is 0.101. The molecule has 1 unspecified atom stereocenters. The standard InChI is InChI=1S/C14H11Cl2FN2O2/c1-8(9-4-10(15)6-11(16)5-9)18-13-7-12(17)2-3-14(13)19(20)21/h2-8,18H,1H3. The van der Waals surface area contributed by atoms with Crippen LogP contribution >= 0.6 is 23.2 Å². The van der Waals surface area contributed by atoms with Gasteiger partial charge in [0.25, 0.3) is 5.69 Å². The first-order chi connectivity index (χ1) is 9.86. The second kappa shape index (κ2) is 6.28. The van der Waals surface area contributed by atoms with Crippen LogP contribution in [-0.4, -0.2) is 4.92 Å². The van der Waals surface area contributed by atoms with Gasteiger partial charge in [-0.1, -0.05) is 23.2 Å². The van der Waals surface area contributed by atoms with Crippen molar-refractivity contribution in [1.82, 2.24) is 0 Å². The van der Waals surface area contributed by atoms with Gasteiger partial charge in [-0.05, 0) is 36.8 Å². The Bertz CT molecular complexity index is 674. The summed E-state index contributed by atoms with van der Waals surface area (Å²) in [5.41, 5.74) is 0.644. The van der Waals surface area contributed by atoms with Gasteiger partial charge in [0.15, 0.2) is 0 Å². The zero-order chi connectivity index (χ0) is 15.6. The largest absolute Gasteiger partial charge is 0.373 e. The highest BCUT2D eigenvalue weighted by Gasteiger charge is 2.17. The molecule has 2 aromatic rings. The molecular formula is C14H11Cl2FN2O2. The summed E-state index contributed by atoms with van der Waals surface area (Å²) in [6, 6.07) is 7.89. The van der Waals surface area contributed by atoms with E-state index in [4.69, 9.17) is 23.2 Å². The Labute approximate surface area is 130 Å². The Balaban J connectivity index is 2.32. The Morgan fingerprint density at radius 3 is 2.38 bits per heavy atom.